The maximum Gasteiger partial charge on any atom is 0.353 e. The van der Waals surface area contributed by atoms with Crippen LogP contribution in [-0.4, -0.2) is 20.2 Å². The zero-order valence-electron chi connectivity index (χ0n) is 13.2. The van der Waals surface area contributed by atoms with Gasteiger partial charge in [-0.05, 0) is 35.7 Å². The Morgan fingerprint density at radius 1 is 1.04 bits per heavy atom. The number of anilines is 1. The summed E-state index contributed by atoms with van der Waals surface area (Å²) < 4.78 is 33.3. The first-order valence-electron chi connectivity index (χ1n) is 7.60. The van der Waals surface area contributed by atoms with Gasteiger partial charge < -0.3 is 10.1 Å². The van der Waals surface area contributed by atoms with Crippen molar-refractivity contribution < 1.29 is 17.9 Å². The van der Waals surface area contributed by atoms with E-state index in [9.17, 15) is 13.2 Å². The van der Waals surface area contributed by atoms with Gasteiger partial charge in [-0.3, -0.25) is 0 Å². The minimum absolute atomic E-state index is 0.169. The van der Waals surface area contributed by atoms with E-state index in [1.807, 2.05) is 0 Å². The summed E-state index contributed by atoms with van der Waals surface area (Å²) in [4.78, 5) is 12.7. The summed E-state index contributed by atoms with van der Waals surface area (Å²) in [5, 5.41) is 4.78. The van der Waals surface area contributed by atoms with Gasteiger partial charge in [-0.1, -0.05) is 24.3 Å². The highest BCUT2D eigenvalue weighted by Crippen LogP contribution is 2.27. The van der Waals surface area contributed by atoms with Crippen molar-refractivity contribution in [2.75, 3.05) is 5.32 Å². The number of ether oxygens (including phenoxy) is 1. The smallest absolute Gasteiger partial charge is 0.353 e. The second-order valence-corrected chi connectivity index (χ2v) is 7.95. The highest BCUT2D eigenvalue weighted by Gasteiger charge is 2.28. The number of carbonyl (C=O) groups is 1. The Morgan fingerprint density at radius 2 is 1.88 bits per heavy atom. The summed E-state index contributed by atoms with van der Waals surface area (Å²) in [6, 6.07) is 16.8. The molecule has 0 fully saturated rings. The summed E-state index contributed by atoms with van der Waals surface area (Å²) in [5.41, 5.74) is 1.07. The van der Waals surface area contributed by atoms with E-state index < -0.39 is 16.0 Å². The molecule has 0 bridgehead atoms. The molecule has 0 aliphatic carbocycles. The van der Waals surface area contributed by atoms with E-state index in [0.717, 1.165) is 0 Å². The quantitative estimate of drug-likeness (QED) is 0.552. The van der Waals surface area contributed by atoms with Crippen LogP contribution >= 0.6 is 11.3 Å². The Labute approximate surface area is 153 Å². The maximum absolute atomic E-state index is 12.1. The first-order valence-corrected chi connectivity index (χ1v) is 9.92. The molecule has 0 unspecified atom stereocenters. The Hall–Kier alpha value is -2.97. The first-order chi connectivity index (χ1) is 12.5. The van der Waals surface area contributed by atoms with E-state index in [0.29, 0.717) is 21.9 Å². The topological polar surface area (TPSA) is 84.8 Å². The van der Waals surface area contributed by atoms with Gasteiger partial charge in [0.2, 0.25) is 0 Å². The van der Waals surface area contributed by atoms with Crippen LogP contribution in [0.15, 0.2) is 75.3 Å². The van der Waals surface area contributed by atoms with Crippen molar-refractivity contribution in [3.63, 3.8) is 0 Å². The molecule has 0 atom stereocenters. The van der Waals surface area contributed by atoms with Crippen LogP contribution < -0.4 is 10.1 Å². The lowest BCUT2D eigenvalue weighted by atomic mass is 10.2. The van der Waals surface area contributed by atoms with Gasteiger partial charge in [0.25, 0.3) is 10.0 Å². The van der Waals surface area contributed by atoms with Gasteiger partial charge in [-0.25, -0.2) is 4.79 Å². The number of hydrogen-bond acceptors (Lipinski definition) is 6. The van der Waals surface area contributed by atoms with Gasteiger partial charge in [0, 0.05) is 17.3 Å². The molecule has 0 radical (unpaired) electrons. The molecule has 2 heterocycles. The van der Waals surface area contributed by atoms with Crippen LogP contribution in [0.2, 0.25) is 0 Å². The minimum Gasteiger partial charge on any atom is -0.422 e. The molecule has 1 N–H and O–H groups in total. The number of carbonyl (C=O) groups excluding carboxylic acids is 1. The summed E-state index contributed by atoms with van der Waals surface area (Å²) in [6.07, 6.45) is 0. The van der Waals surface area contributed by atoms with Gasteiger partial charge in [-0.2, -0.15) is 8.42 Å². The second kappa shape index (κ2) is 6.40. The summed E-state index contributed by atoms with van der Waals surface area (Å²) in [5.74, 6) is 0.147. The zero-order chi connectivity index (χ0) is 18.1. The summed E-state index contributed by atoms with van der Waals surface area (Å²) in [6.45, 7) is 0. The summed E-state index contributed by atoms with van der Waals surface area (Å²) >= 11 is 1.30. The van der Waals surface area contributed by atoms with Crippen molar-refractivity contribution in [3.05, 3.63) is 76.5 Å². The molecule has 6 nitrogen and oxygen atoms in total. The zero-order valence-corrected chi connectivity index (χ0v) is 14.9. The lowest BCUT2D eigenvalue weighted by Gasteiger charge is -2.08. The largest absolute Gasteiger partial charge is 0.422 e. The lowest BCUT2D eigenvalue weighted by molar-refractivity contribution is 0.0740. The van der Waals surface area contributed by atoms with E-state index in [1.165, 1.54) is 17.4 Å². The predicted octanol–water partition coefficient (Wildman–Crippen LogP) is 3.53. The van der Waals surface area contributed by atoms with Crippen LogP contribution in [0, 0.1) is 0 Å². The number of sulfonamides is 1. The molecule has 4 rings (SSSR count). The average molecular weight is 384 g/mol. The maximum atomic E-state index is 12.1. The molecule has 2 aromatic carbocycles. The molecule has 0 saturated carbocycles. The Morgan fingerprint density at radius 3 is 2.69 bits per heavy atom. The van der Waals surface area contributed by atoms with E-state index >= 15 is 0 Å². The third-order valence-electron chi connectivity index (χ3n) is 3.66. The van der Waals surface area contributed by atoms with Crippen LogP contribution in [0.5, 0.6) is 5.75 Å². The second-order valence-electron chi connectivity index (χ2n) is 5.43. The van der Waals surface area contributed by atoms with Crippen LogP contribution in [0.25, 0.3) is 0 Å². The van der Waals surface area contributed by atoms with Crippen LogP contribution in [0.3, 0.4) is 0 Å². The van der Waals surface area contributed by atoms with E-state index in [2.05, 4.69) is 9.71 Å². The van der Waals surface area contributed by atoms with E-state index in [4.69, 9.17) is 4.74 Å². The fourth-order valence-corrected chi connectivity index (χ4v) is 4.30. The van der Waals surface area contributed by atoms with Gasteiger partial charge >= 0.3 is 5.97 Å². The predicted molar refractivity (Wildman–Crippen MR) is 99.5 cm³/mol. The Bertz CT molecular complexity index is 1120. The van der Waals surface area contributed by atoms with Gasteiger partial charge in [0.05, 0.1) is 0 Å². The van der Waals surface area contributed by atoms with Crippen molar-refractivity contribution in [1.82, 2.24) is 0 Å². The third kappa shape index (κ3) is 3.12. The Balaban J connectivity index is 1.58. The standard InChI is InChI=1S/C18H12N2O4S2/c21-18(15-8-4-10-25-15)24-13-6-3-5-12(11-13)19-17-14-7-1-2-9-16(14)26(22,23)20-17/h1-11H,(H,19,20). The monoisotopic (exact) mass is 384 g/mol. The highest BCUT2D eigenvalue weighted by atomic mass is 32.2. The Kier molecular flexibility index (Phi) is 4.06. The number of amidine groups is 1. The molecule has 3 aromatic rings. The number of fused-ring (bicyclic) bond motifs is 1. The number of rotatable bonds is 3. The normalized spacial score (nSPS) is 14.4. The molecule has 26 heavy (non-hydrogen) atoms. The van der Waals surface area contributed by atoms with Gasteiger partial charge in [-0.15, -0.1) is 15.7 Å². The molecule has 130 valence electrons. The molecule has 0 spiro atoms. The third-order valence-corrected chi connectivity index (χ3v) is 5.85. The molecule has 0 amide bonds. The fourth-order valence-electron chi connectivity index (χ4n) is 2.52. The first kappa shape index (κ1) is 16.5. The van der Waals surface area contributed by atoms with Gasteiger partial charge in [0.1, 0.15) is 15.5 Å². The highest BCUT2D eigenvalue weighted by molar-refractivity contribution is 7.90. The fraction of sp³-hybridized carbons (Fsp3) is 0. The van der Waals surface area contributed by atoms with Crippen LogP contribution in [0.1, 0.15) is 15.2 Å². The molecular weight excluding hydrogens is 372 g/mol. The number of benzene rings is 2. The number of esters is 1. The van der Waals surface area contributed by atoms with Crippen molar-refractivity contribution in [2.24, 2.45) is 4.40 Å². The molecule has 1 aliphatic heterocycles. The number of nitrogens with zero attached hydrogens (tertiary/aromatic N) is 1. The molecule has 0 saturated heterocycles. The number of thiophene rings is 1. The van der Waals surface area contributed by atoms with Crippen LogP contribution in [0.4, 0.5) is 5.69 Å². The molecule has 8 heteroatoms. The number of hydrogen-bond donors (Lipinski definition) is 1. The van der Waals surface area contributed by atoms with Gasteiger partial charge in [0.15, 0.2) is 5.84 Å². The molecule has 1 aliphatic rings. The molecular formula is C18H12N2O4S2. The van der Waals surface area contributed by atoms with Crippen LogP contribution in [-0.2, 0) is 10.0 Å². The van der Waals surface area contributed by atoms with Crippen molar-refractivity contribution in [3.8, 4) is 5.75 Å². The minimum atomic E-state index is -3.69. The van der Waals surface area contributed by atoms with Crippen molar-refractivity contribution >= 4 is 38.9 Å². The van der Waals surface area contributed by atoms with Crippen molar-refractivity contribution in [2.45, 2.75) is 4.90 Å². The number of nitrogens with one attached hydrogen (secondary N) is 1. The van der Waals surface area contributed by atoms with Crippen molar-refractivity contribution in [1.29, 1.82) is 0 Å². The molecule has 1 aromatic heterocycles. The van der Waals surface area contributed by atoms with E-state index in [-0.39, 0.29) is 10.7 Å². The average Bonchev–Trinajstić information content (AvgIpc) is 3.23. The lowest BCUT2D eigenvalue weighted by Crippen LogP contribution is -2.12. The van der Waals surface area contributed by atoms with E-state index in [1.54, 1.807) is 60.0 Å². The summed E-state index contributed by atoms with van der Waals surface area (Å²) in [7, 11) is -3.69. The SMILES string of the molecule is O=C(Oc1cccc(NC2=NS(=O)(=O)c3ccccc32)c1)c1cccs1.